The molecule has 0 fully saturated rings. The zero-order chi connectivity index (χ0) is 14.5. The van der Waals surface area contributed by atoms with E-state index in [1.807, 2.05) is 24.3 Å². The van der Waals surface area contributed by atoms with Crippen molar-refractivity contribution in [1.82, 2.24) is 15.1 Å². The Hall–Kier alpha value is -2.14. The number of amides is 1. The van der Waals surface area contributed by atoms with Gasteiger partial charge in [-0.05, 0) is 29.8 Å². The van der Waals surface area contributed by atoms with E-state index in [4.69, 9.17) is 11.6 Å². The van der Waals surface area contributed by atoms with Crippen molar-refractivity contribution in [3.05, 3.63) is 52.7 Å². The van der Waals surface area contributed by atoms with E-state index in [2.05, 4.69) is 15.5 Å². The molecule has 2 aromatic rings. The van der Waals surface area contributed by atoms with E-state index in [-0.39, 0.29) is 5.91 Å². The maximum absolute atomic E-state index is 11.7. The highest BCUT2D eigenvalue weighted by molar-refractivity contribution is 6.30. The molecular weight excluding hydrogens is 276 g/mol. The van der Waals surface area contributed by atoms with Crippen LogP contribution >= 0.6 is 11.6 Å². The van der Waals surface area contributed by atoms with Gasteiger partial charge in [0.25, 0.3) is 5.91 Å². The molecule has 0 saturated carbocycles. The van der Waals surface area contributed by atoms with Gasteiger partial charge in [0.1, 0.15) is 5.82 Å². The van der Waals surface area contributed by atoms with Crippen LogP contribution in [0.25, 0.3) is 0 Å². The van der Waals surface area contributed by atoms with Gasteiger partial charge in [-0.15, -0.1) is 10.2 Å². The van der Waals surface area contributed by atoms with Crippen molar-refractivity contribution in [3.63, 3.8) is 0 Å². The molecule has 6 heteroatoms. The number of halogens is 1. The minimum absolute atomic E-state index is 0.168. The van der Waals surface area contributed by atoms with E-state index in [1.165, 1.54) is 4.90 Å². The number of nitrogens with zero attached hydrogens (tertiary/aromatic N) is 3. The number of rotatable bonds is 4. The van der Waals surface area contributed by atoms with Gasteiger partial charge >= 0.3 is 0 Å². The summed E-state index contributed by atoms with van der Waals surface area (Å²) in [5.41, 5.74) is 1.37. The van der Waals surface area contributed by atoms with E-state index in [9.17, 15) is 4.79 Å². The second-order valence-electron chi connectivity index (χ2n) is 4.49. The van der Waals surface area contributed by atoms with E-state index < -0.39 is 0 Å². The van der Waals surface area contributed by atoms with Crippen molar-refractivity contribution < 1.29 is 4.79 Å². The minimum Gasteiger partial charge on any atom is -0.365 e. The van der Waals surface area contributed by atoms with Crippen LogP contribution in [0.3, 0.4) is 0 Å². The molecule has 0 unspecified atom stereocenters. The summed E-state index contributed by atoms with van der Waals surface area (Å²) in [6, 6.07) is 10.9. The zero-order valence-corrected chi connectivity index (χ0v) is 12.1. The lowest BCUT2D eigenvalue weighted by Gasteiger charge is -2.09. The molecule has 0 spiro atoms. The molecule has 5 nitrogen and oxygen atoms in total. The van der Waals surface area contributed by atoms with Crippen molar-refractivity contribution in [2.45, 2.75) is 6.54 Å². The lowest BCUT2D eigenvalue weighted by molar-refractivity contribution is 0.0821. The number of anilines is 1. The number of benzene rings is 1. The summed E-state index contributed by atoms with van der Waals surface area (Å²) in [4.78, 5) is 13.1. The Labute approximate surface area is 122 Å². The third kappa shape index (κ3) is 3.68. The number of hydrogen-bond acceptors (Lipinski definition) is 4. The van der Waals surface area contributed by atoms with Crippen molar-refractivity contribution in [2.24, 2.45) is 0 Å². The Morgan fingerprint density at radius 3 is 2.65 bits per heavy atom. The third-order valence-corrected chi connectivity index (χ3v) is 2.89. The van der Waals surface area contributed by atoms with Crippen LogP contribution in [0.4, 0.5) is 5.82 Å². The summed E-state index contributed by atoms with van der Waals surface area (Å²) in [5, 5.41) is 11.7. The number of nitrogens with one attached hydrogen (secondary N) is 1. The Bertz CT molecular complexity index is 598. The Morgan fingerprint density at radius 1 is 1.25 bits per heavy atom. The smallest absolute Gasteiger partial charge is 0.273 e. The summed E-state index contributed by atoms with van der Waals surface area (Å²) >= 11 is 5.91. The van der Waals surface area contributed by atoms with Crippen molar-refractivity contribution in [2.75, 3.05) is 19.4 Å². The largest absolute Gasteiger partial charge is 0.365 e. The maximum Gasteiger partial charge on any atom is 0.273 e. The van der Waals surface area contributed by atoms with Crippen LogP contribution in [0.15, 0.2) is 36.4 Å². The number of carbonyl (C=O) groups excluding carboxylic acids is 1. The topological polar surface area (TPSA) is 58.1 Å². The van der Waals surface area contributed by atoms with E-state index in [0.29, 0.717) is 23.1 Å². The van der Waals surface area contributed by atoms with E-state index in [1.54, 1.807) is 26.2 Å². The first-order valence-electron chi connectivity index (χ1n) is 6.10. The van der Waals surface area contributed by atoms with Crippen LogP contribution < -0.4 is 5.32 Å². The fourth-order valence-corrected chi connectivity index (χ4v) is 1.82. The normalized spacial score (nSPS) is 10.2. The Kier molecular flexibility index (Phi) is 4.53. The van der Waals surface area contributed by atoms with Gasteiger partial charge in [-0.3, -0.25) is 4.79 Å². The summed E-state index contributed by atoms with van der Waals surface area (Å²) in [6.45, 7) is 0.593. The molecule has 0 radical (unpaired) electrons. The molecule has 20 heavy (non-hydrogen) atoms. The third-order valence-electron chi connectivity index (χ3n) is 2.65. The average molecular weight is 291 g/mol. The van der Waals surface area contributed by atoms with Crippen LogP contribution in [0.5, 0.6) is 0 Å². The van der Waals surface area contributed by atoms with E-state index >= 15 is 0 Å². The molecule has 2 rings (SSSR count). The predicted octanol–water partition coefficient (Wildman–Crippen LogP) is 2.44. The first-order valence-corrected chi connectivity index (χ1v) is 6.48. The van der Waals surface area contributed by atoms with Gasteiger partial charge in [-0.1, -0.05) is 23.7 Å². The molecule has 0 atom stereocenters. The molecule has 1 aromatic carbocycles. The fraction of sp³-hybridized carbons (Fsp3) is 0.214. The van der Waals surface area contributed by atoms with Crippen LogP contribution in [-0.2, 0) is 6.54 Å². The zero-order valence-electron chi connectivity index (χ0n) is 11.3. The Morgan fingerprint density at radius 2 is 2.05 bits per heavy atom. The van der Waals surface area contributed by atoms with Crippen LogP contribution in [0.2, 0.25) is 5.02 Å². The number of aromatic nitrogens is 2. The van der Waals surface area contributed by atoms with Gasteiger partial charge in [-0.2, -0.15) is 0 Å². The summed E-state index contributed by atoms with van der Waals surface area (Å²) in [5.74, 6) is 0.444. The van der Waals surface area contributed by atoms with Gasteiger partial charge in [0.15, 0.2) is 5.69 Å². The number of hydrogen-bond donors (Lipinski definition) is 1. The molecule has 104 valence electrons. The number of carbonyl (C=O) groups is 1. The summed E-state index contributed by atoms with van der Waals surface area (Å²) in [6.07, 6.45) is 0. The van der Waals surface area contributed by atoms with Gasteiger partial charge in [-0.25, -0.2) is 0 Å². The average Bonchev–Trinajstić information content (AvgIpc) is 2.45. The summed E-state index contributed by atoms with van der Waals surface area (Å²) in [7, 11) is 3.35. The maximum atomic E-state index is 11.7. The SMILES string of the molecule is CN(C)C(=O)c1ccc(NCc2cccc(Cl)c2)nn1. The highest BCUT2D eigenvalue weighted by atomic mass is 35.5. The molecule has 0 aliphatic heterocycles. The van der Waals surface area contributed by atoms with Crippen LogP contribution in [-0.4, -0.2) is 35.1 Å². The lowest BCUT2D eigenvalue weighted by atomic mass is 10.2. The van der Waals surface area contributed by atoms with Gasteiger partial charge < -0.3 is 10.2 Å². The lowest BCUT2D eigenvalue weighted by Crippen LogP contribution is -2.23. The quantitative estimate of drug-likeness (QED) is 0.940. The standard InChI is InChI=1S/C14H15ClN4O/c1-19(2)14(20)12-6-7-13(18-17-12)16-9-10-4-3-5-11(15)8-10/h3-8H,9H2,1-2H3,(H,16,18). The molecule has 1 N–H and O–H groups in total. The first kappa shape index (κ1) is 14.3. The molecule has 0 saturated heterocycles. The summed E-state index contributed by atoms with van der Waals surface area (Å²) < 4.78 is 0. The highest BCUT2D eigenvalue weighted by Crippen LogP contribution is 2.12. The van der Waals surface area contributed by atoms with Crippen LogP contribution in [0, 0.1) is 0 Å². The molecule has 0 bridgehead atoms. The van der Waals surface area contributed by atoms with Gasteiger partial charge in [0.05, 0.1) is 0 Å². The highest BCUT2D eigenvalue weighted by Gasteiger charge is 2.09. The van der Waals surface area contributed by atoms with Crippen molar-refractivity contribution >= 4 is 23.3 Å². The Balaban J connectivity index is 1.99. The van der Waals surface area contributed by atoms with E-state index in [0.717, 1.165) is 5.56 Å². The molecule has 1 heterocycles. The van der Waals surface area contributed by atoms with Crippen molar-refractivity contribution in [3.8, 4) is 0 Å². The second kappa shape index (κ2) is 6.34. The molecular formula is C14H15ClN4O. The molecule has 1 aromatic heterocycles. The molecule has 1 amide bonds. The minimum atomic E-state index is -0.168. The fourth-order valence-electron chi connectivity index (χ4n) is 1.61. The predicted molar refractivity (Wildman–Crippen MR) is 78.8 cm³/mol. The second-order valence-corrected chi connectivity index (χ2v) is 4.92. The monoisotopic (exact) mass is 290 g/mol. The van der Waals surface area contributed by atoms with Gasteiger partial charge in [0.2, 0.25) is 0 Å². The molecule has 0 aliphatic rings. The van der Waals surface area contributed by atoms with Gasteiger partial charge in [0, 0.05) is 25.7 Å². The molecule has 0 aliphatic carbocycles. The first-order chi connectivity index (χ1) is 9.56. The van der Waals surface area contributed by atoms with Crippen LogP contribution in [0.1, 0.15) is 16.1 Å². The van der Waals surface area contributed by atoms with Crippen molar-refractivity contribution in [1.29, 1.82) is 0 Å².